The first-order valence-corrected chi connectivity index (χ1v) is 9.56. The third-order valence-electron chi connectivity index (χ3n) is 4.14. The molecule has 6 nitrogen and oxygen atoms in total. The van der Waals surface area contributed by atoms with Crippen molar-refractivity contribution < 1.29 is 24.1 Å². The molecule has 0 aliphatic carbocycles. The summed E-state index contributed by atoms with van der Waals surface area (Å²) in [6.07, 6.45) is 0.110. The van der Waals surface area contributed by atoms with Crippen LogP contribution in [0.2, 0.25) is 0 Å². The number of ether oxygens (including phenoxy) is 3. The fourth-order valence-corrected chi connectivity index (χ4v) is 3.26. The van der Waals surface area contributed by atoms with Gasteiger partial charge in [-0.2, -0.15) is 0 Å². The lowest BCUT2D eigenvalue weighted by Gasteiger charge is -2.15. The second-order valence-electron chi connectivity index (χ2n) is 6.10. The lowest BCUT2D eigenvalue weighted by molar-refractivity contribution is -0.115. The number of aromatic hydroxyl groups is 1. The monoisotopic (exact) mass is 457 g/mol. The number of hydrogen-bond acceptors (Lipinski definition) is 5. The van der Waals surface area contributed by atoms with Crippen molar-refractivity contribution in [1.82, 2.24) is 0 Å². The maximum atomic E-state index is 12.5. The summed E-state index contributed by atoms with van der Waals surface area (Å²) >= 11 is 3.54. The molecule has 0 unspecified atom stereocenters. The van der Waals surface area contributed by atoms with Crippen molar-refractivity contribution in [2.45, 2.75) is 6.42 Å². The van der Waals surface area contributed by atoms with Gasteiger partial charge < -0.3 is 24.6 Å². The van der Waals surface area contributed by atoms with Crippen LogP contribution in [-0.2, 0) is 11.2 Å². The number of nitrogens with one attached hydrogen (secondary N) is 1. The molecule has 0 fully saturated rings. The van der Waals surface area contributed by atoms with Crippen LogP contribution in [0.3, 0.4) is 0 Å². The van der Waals surface area contributed by atoms with Gasteiger partial charge >= 0.3 is 0 Å². The SMILES string of the molecule is COc1cc(NC(=O)Cc2ccc(OC)c(Oc3ccccc3)c2Br)ccc1O. The molecule has 29 heavy (non-hydrogen) atoms. The van der Waals surface area contributed by atoms with Crippen molar-refractivity contribution in [2.24, 2.45) is 0 Å². The normalized spacial score (nSPS) is 10.3. The summed E-state index contributed by atoms with van der Waals surface area (Å²) in [7, 11) is 3.01. The predicted octanol–water partition coefficient (Wildman–Crippen LogP) is 5.15. The van der Waals surface area contributed by atoms with E-state index in [1.165, 1.54) is 13.2 Å². The Hall–Kier alpha value is -3.19. The maximum absolute atomic E-state index is 12.5. The maximum Gasteiger partial charge on any atom is 0.228 e. The fourth-order valence-electron chi connectivity index (χ4n) is 2.71. The number of phenols is 1. The highest BCUT2D eigenvalue weighted by Crippen LogP contribution is 2.40. The summed E-state index contributed by atoms with van der Waals surface area (Å²) in [5.74, 6) is 1.76. The summed E-state index contributed by atoms with van der Waals surface area (Å²) in [4.78, 5) is 12.5. The molecule has 0 spiro atoms. The van der Waals surface area contributed by atoms with Gasteiger partial charge in [-0.25, -0.2) is 0 Å². The second kappa shape index (κ2) is 9.34. The highest BCUT2D eigenvalue weighted by Gasteiger charge is 2.17. The third-order valence-corrected chi connectivity index (χ3v) is 5.01. The first-order valence-electron chi connectivity index (χ1n) is 8.77. The summed E-state index contributed by atoms with van der Waals surface area (Å²) in [5, 5.41) is 12.5. The lowest BCUT2D eigenvalue weighted by Crippen LogP contribution is -2.15. The molecule has 3 aromatic rings. The molecule has 0 radical (unpaired) electrons. The van der Waals surface area contributed by atoms with Gasteiger partial charge in [-0.05, 0) is 51.8 Å². The van der Waals surface area contributed by atoms with Gasteiger partial charge in [0.05, 0.1) is 25.1 Å². The Kier molecular flexibility index (Phi) is 6.61. The van der Waals surface area contributed by atoms with Gasteiger partial charge in [-0.1, -0.05) is 24.3 Å². The minimum atomic E-state index is -0.228. The Bertz CT molecular complexity index is 1010. The molecular formula is C22H20BrNO5. The van der Waals surface area contributed by atoms with Crippen molar-refractivity contribution in [3.63, 3.8) is 0 Å². The lowest BCUT2D eigenvalue weighted by atomic mass is 10.1. The van der Waals surface area contributed by atoms with E-state index in [0.717, 1.165) is 5.56 Å². The number of halogens is 1. The zero-order valence-corrected chi connectivity index (χ0v) is 17.5. The van der Waals surface area contributed by atoms with E-state index in [1.807, 2.05) is 30.3 Å². The van der Waals surface area contributed by atoms with Gasteiger partial charge in [0.1, 0.15) is 5.75 Å². The smallest absolute Gasteiger partial charge is 0.228 e. The van der Waals surface area contributed by atoms with Crippen LogP contribution in [0.25, 0.3) is 0 Å². The molecule has 2 N–H and O–H groups in total. The highest BCUT2D eigenvalue weighted by molar-refractivity contribution is 9.10. The van der Waals surface area contributed by atoms with Crippen LogP contribution in [-0.4, -0.2) is 25.2 Å². The molecule has 0 aromatic heterocycles. The summed E-state index contributed by atoms with van der Waals surface area (Å²) in [5.41, 5.74) is 1.26. The first kappa shape index (κ1) is 20.5. The molecule has 0 aliphatic heterocycles. The van der Waals surface area contributed by atoms with E-state index in [-0.39, 0.29) is 23.8 Å². The van der Waals surface area contributed by atoms with E-state index in [9.17, 15) is 9.90 Å². The zero-order chi connectivity index (χ0) is 20.8. The number of rotatable bonds is 7. The van der Waals surface area contributed by atoms with Crippen LogP contribution in [0.1, 0.15) is 5.56 Å². The van der Waals surface area contributed by atoms with E-state index in [2.05, 4.69) is 21.2 Å². The first-order chi connectivity index (χ1) is 14.0. The number of hydrogen-bond donors (Lipinski definition) is 2. The Morgan fingerprint density at radius 3 is 2.41 bits per heavy atom. The van der Waals surface area contributed by atoms with E-state index >= 15 is 0 Å². The number of para-hydroxylation sites is 1. The molecule has 0 atom stereocenters. The van der Waals surface area contributed by atoms with Gasteiger partial charge in [0, 0.05) is 11.8 Å². The van der Waals surface area contributed by atoms with Crippen LogP contribution in [0.15, 0.2) is 65.1 Å². The van der Waals surface area contributed by atoms with Gasteiger partial charge in [-0.3, -0.25) is 4.79 Å². The number of amides is 1. The molecule has 7 heteroatoms. The van der Waals surface area contributed by atoms with E-state index < -0.39 is 0 Å². The van der Waals surface area contributed by atoms with Crippen LogP contribution >= 0.6 is 15.9 Å². The van der Waals surface area contributed by atoms with Gasteiger partial charge in [0.15, 0.2) is 23.0 Å². The van der Waals surface area contributed by atoms with E-state index in [4.69, 9.17) is 14.2 Å². The van der Waals surface area contributed by atoms with Crippen molar-refractivity contribution in [3.8, 4) is 28.7 Å². The molecule has 0 saturated carbocycles. The van der Waals surface area contributed by atoms with Gasteiger partial charge in [0.25, 0.3) is 0 Å². The topological polar surface area (TPSA) is 77.0 Å². The Morgan fingerprint density at radius 2 is 1.72 bits per heavy atom. The van der Waals surface area contributed by atoms with Crippen molar-refractivity contribution in [3.05, 3.63) is 70.7 Å². The highest BCUT2D eigenvalue weighted by atomic mass is 79.9. The van der Waals surface area contributed by atoms with Gasteiger partial charge in [0.2, 0.25) is 5.91 Å². The van der Waals surface area contributed by atoms with Crippen LogP contribution in [0.4, 0.5) is 5.69 Å². The predicted molar refractivity (Wildman–Crippen MR) is 114 cm³/mol. The number of benzene rings is 3. The quantitative estimate of drug-likeness (QED) is 0.480. The van der Waals surface area contributed by atoms with E-state index in [1.54, 1.807) is 31.4 Å². The van der Waals surface area contributed by atoms with Crippen LogP contribution in [0, 0.1) is 0 Å². The second-order valence-corrected chi connectivity index (χ2v) is 6.89. The summed E-state index contributed by atoms with van der Waals surface area (Å²) in [6, 6.07) is 17.5. The summed E-state index contributed by atoms with van der Waals surface area (Å²) in [6.45, 7) is 0. The summed E-state index contributed by atoms with van der Waals surface area (Å²) < 4.78 is 17.1. The molecule has 0 bridgehead atoms. The largest absolute Gasteiger partial charge is 0.504 e. The number of carbonyl (C=O) groups is 1. The number of anilines is 1. The minimum Gasteiger partial charge on any atom is -0.504 e. The molecule has 0 aliphatic rings. The van der Waals surface area contributed by atoms with Gasteiger partial charge in [-0.15, -0.1) is 0 Å². The Morgan fingerprint density at radius 1 is 1.00 bits per heavy atom. The average molecular weight is 458 g/mol. The standard InChI is InChI=1S/C22H20BrNO5/c1-27-18-11-8-14(21(23)22(18)29-16-6-4-3-5-7-16)12-20(26)24-15-9-10-17(25)19(13-15)28-2/h3-11,13,25H,12H2,1-2H3,(H,24,26). The molecular weight excluding hydrogens is 438 g/mol. The van der Waals surface area contributed by atoms with Crippen LogP contribution < -0.4 is 19.5 Å². The van der Waals surface area contributed by atoms with Crippen molar-refractivity contribution in [2.75, 3.05) is 19.5 Å². The van der Waals surface area contributed by atoms with Crippen LogP contribution in [0.5, 0.6) is 28.7 Å². The van der Waals surface area contributed by atoms with Crippen molar-refractivity contribution >= 4 is 27.5 Å². The zero-order valence-electron chi connectivity index (χ0n) is 15.9. The molecule has 3 rings (SSSR count). The van der Waals surface area contributed by atoms with E-state index in [0.29, 0.717) is 27.4 Å². The number of phenolic OH excluding ortho intramolecular Hbond substituents is 1. The Labute approximate surface area is 177 Å². The minimum absolute atomic E-state index is 0.00565. The average Bonchev–Trinajstić information content (AvgIpc) is 2.73. The Balaban J connectivity index is 1.80. The third kappa shape index (κ3) is 5.00. The molecule has 150 valence electrons. The number of carbonyl (C=O) groups excluding carboxylic acids is 1. The number of methoxy groups -OCH3 is 2. The fraction of sp³-hybridized carbons (Fsp3) is 0.136. The molecule has 0 saturated heterocycles. The molecule has 1 amide bonds. The molecule has 3 aromatic carbocycles. The molecule has 0 heterocycles. The van der Waals surface area contributed by atoms with Crippen molar-refractivity contribution in [1.29, 1.82) is 0 Å².